The Bertz CT molecular complexity index is 740. The average Bonchev–Trinajstić information content (AvgIpc) is 2.97. The zero-order chi connectivity index (χ0) is 13.1. The molecule has 0 saturated carbocycles. The van der Waals surface area contributed by atoms with E-state index < -0.39 is 0 Å². The van der Waals surface area contributed by atoms with Gasteiger partial charge < -0.3 is 0 Å². The van der Waals surface area contributed by atoms with Crippen LogP contribution in [-0.4, -0.2) is 20.2 Å². The van der Waals surface area contributed by atoms with Gasteiger partial charge in [0.25, 0.3) is 0 Å². The first kappa shape index (κ1) is 11.1. The van der Waals surface area contributed by atoms with Gasteiger partial charge in [-0.1, -0.05) is 12.1 Å². The van der Waals surface area contributed by atoms with Crippen LogP contribution in [0.15, 0.2) is 48.7 Å². The lowest BCUT2D eigenvalue weighted by Crippen LogP contribution is -1.89. The van der Waals surface area contributed by atoms with E-state index >= 15 is 0 Å². The van der Waals surface area contributed by atoms with Crippen molar-refractivity contribution in [2.24, 2.45) is 0 Å². The largest absolute Gasteiger partial charge is 0.275 e. The van der Waals surface area contributed by atoms with E-state index in [0.717, 1.165) is 17.1 Å². The molecule has 0 radical (unpaired) electrons. The lowest BCUT2D eigenvalue weighted by molar-refractivity contribution is 1.07. The molecule has 0 aromatic carbocycles. The molecule has 19 heavy (non-hydrogen) atoms. The molecular weight excluding hydrogens is 238 g/mol. The van der Waals surface area contributed by atoms with Gasteiger partial charge in [-0.25, -0.2) is 4.98 Å². The molecular formula is C14H9N5. The fourth-order valence-electron chi connectivity index (χ4n) is 1.75. The summed E-state index contributed by atoms with van der Waals surface area (Å²) in [7, 11) is 0. The number of hydrogen-bond acceptors (Lipinski definition) is 4. The minimum absolute atomic E-state index is 0.347. The zero-order valence-corrected chi connectivity index (χ0v) is 9.91. The Hall–Kier alpha value is -3.00. The molecule has 3 aromatic heterocycles. The van der Waals surface area contributed by atoms with Gasteiger partial charge in [-0.3, -0.25) is 10.1 Å². The SMILES string of the molecule is N#Cc1cc(-c2cccc(-c3ccccn3)n2)[nH]n1. The van der Waals surface area contributed by atoms with Gasteiger partial charge in [0.1, 0.15) is 6.07 Å². The smallest absolute Gasteiger partial charge is 0.162 e. The summed E-state index contributed by atoms with van der Waals surface area (Å²) in [5.74, 6) is 0. The summed E-state index contributed by atoms with van der Waals surface area (Å²) in [6, 6.07) is 15.0. The summed E-state index contributed by atoms with van der Waals surface area (Å²) in [6.45, 7) is 0. The first-order valence-corrected chi connectivity index (χ1v) is 5.71. The van der Waals surface area contributed by atoms with Crippen molar-refractivity contribution in [1.82, 2.24) is 20.2 Å². The normalized spacial score (nSPS) is 10.1. The molecule has 0 unspecified atom stereocenters. The van der Waals surface area contributed by atoms with Gasteiger partial charge in [0.2, 0.25) is 0 Å². The van der Waals surface area contributed by atoms with Gasteiger partial charge in [0.05, 0.1) is 22.8 Å². The van der Waals surface area contributed by atoms with Crippen LogP contribution in [0.1, 0.15) is 5.69 Å². The Balaban J connectivity index is 2.03. The van der Waals surface area contributed by atoms with Crippen LogP contribution >= 0.6 is 0 Å². The van der Waals surface area contributed by atoms with Gasteiger partial charge in [0, 0.05) is 12.3 Å². The molecule has 0 amide bonds. The molecule has 0 bridgehead atoms. The molecule has 0 aliphatic heterocycles. The monoisotopic (exact) mass is 247 g/mol. The van der Waals surface area contributed by atoms with Gasteiger partial charge in [-0.15, -0.1) is 0 Å². The standard InChI is InChI=1S/C14H9N5/c15-9-10-8-14(19-18-10)13-6-3-5-12(17-13)11-4-1-2-7-16-11/h1-8H,(H,18,19). The summed E-state index contributed by atoms with van der Waals surface area (Å²) < 4.78 is 0. The van der Waals surface area contributed by atoms with Crippen LogP contribution in [-0.2, 0) is 0 Å². The number of hydrogen-bond donors (Lipinski definition) is 1. The van der Waals surface area contributed by atoms with Crippen LogP contribution in [0, 0.1) is 11.3 Å². The van der Waals surface area contributed by atoms with Crippen LogP contribution in [0.4, 0.5) is 0 Å². The van der Waals surface area contributed by atoms with Crippen LogP contribution in [0.25, 0.3) is 22.8 Å². The molecule has 0 saturated heterocycles. The maximum atomic E-state index is 8.77. The van der Waals surface area contributed by atoms with Crippen molar-refractivity contribution in [3.8, 4) is 28.8 Å². The van der Waals surface area contributed by atoms with Crippen molar-refractivity contribution in [2.75, 3.05) is 0 Å². The highest BCUT2D eigenvalue weighted by molar-refractivity contribution is 5.62. The van der Waals surface area contributed by atoms with Gasteiger partial charge in [-0.05, 0) is 24.3 Å². The van der Waals surface area contributed by atoms with Crippen LogP contribution in [0.5, 0.6) is 0 Å². The van der Waals surface area contributed by atoms with Crippen LogP contribution in [0.3, 0.4) is 0 Å². The highest BCUT2D eigenvalue weighted by Crippen LogP contribution is 2.20. The summed E-state index contributed by atoms with van der Waals surface area (Å²) in [6.07, 6.45) is 1.73. The number of aromatic nitrogens is 4. The predicted molar refractivity (Wildman–Crippen MR) is 69.8 cm³/mol. The molecule has 90 valence electrons. The number of nitriles is 1. The molecule has 0 aliphatic rings. The Morgan fingerprint density at radius 2 is 1.84 bits per heavy atom. The lowest BCUT2D eigenvalue weighted by atomic mass is 10.2. The second-order valence-corrected chi connectivity index (χ2v) is 3.90. The molecule has 5 nitrogen and oxygen atoms in total. The van der Waals surface area contributed by atoms with E-state index in [0.29, 0.717) is 11.4 Å². The van der Waals surface area contributed by atoms with E-state index in [2.05, 4.69) is 20.2 Å². The van der Waals surface area contributed by atoms with Crippen molar-refractivity contribution in [2.45, 2.75) is 0 Å². The van der Waals surface area contributed by atoms with E-state index in [4.69, 9.17) is 5.26 Å². The van der Waals surface area contributed by atoms with E-state index in [9.17, 15) is 0 Å². The molecule has 5 heteroatoms. The number of aromatic amines is 1. The fourth-order valence-corrected chi connectivity index (χ4v) is 1.75. The maximum Gasteiger partial charge on any atom is 0.162 e. The number of nitrogens with one attached hydrogen (secondary N) is 1. The molecule has 3 heterocycles. The molecule has 0 aliphatic carbocycles. The number of pyridine rings is 2. The minimum atomic E-state index is 0.347. The third kappa shape index (κ3) is 2.19. The minimum Gasteiger partial charge on any atom is -0.275 e. The summed E-state index contributed by atoms with van der Waals surface area (Å²) >= 11 is 0. The summed E-state index contributed by atoms with van der Waals surface area (Å²) in [5, 5.41) is 15.4. The van der Waals surface area contributed by atoms with Crippen molar-refractivity contribution in [3.05, 3.63) is 54.4 Å². The third-order valence-electron chi connectivity index (χ3n) is 2.64. The highest BCUT2D eigenvalue weighted by Gasteiger charge is 2.06. The lowest BCUT2D eigenvalue weighted by Gasteiger charge is -2.01. The van der Waals surface area contributed by atoms with Crippen molar-refractivity contribution >= 4 is 0 Å². The van der Waals surface area contributed by atoms with Crippen molar-refractivity contribution < 1.29 is 0 Å². The first-order chi connectivity index (χ1) is 9.36. The number of nitrogens with zero attached hydrogens (tertiary/aromatic N) is 4. The summed E-state index contributed by atoms with van der Waals surface area (Å²) in [5.41, 5.74) is 3.39. The predicted octanol–water partition coefficient (Wildman–Crippen LogP) is 2.41. The molecule has 3 rings (SSSR count). The van der Waals surface area contributed by atoms with Crippen molar-refractivity contribution in [1.29, 1.82) is 5.26 Å². The average molecular weight is 247 g/mol. The van der Waals surface area contributed by atoms with Crippen LogP contribution in [0.2, 0.25) is 0 Å². The Kier molecular flexibility index (Phi) is 2.75. The number of H-pyrrole nitrogens is 1. The van der Waals surface area contributed by atoms with Crippen molar-refractivity contribution in [3.63, 3.8) is 0 Å². The van der Waals surface area contributed by atoms with Gasteiger partial charge in [0.15, 0.2) is 5.69 Å². The zero-order valence-electron chi connectivity index (χ0n) is 9.91. The third-order valence-corrected chi connectivity index (χ3v) is 2.64. The van der Waals surface area contributed by atoms with E-state index in [1.165, 1.54) is 0 Å². The highest BCUT2D eigenvalue weighted by atomic mass is 15.1. The van der Waals surface area contributed by atoms with E-state index in [1.807, 2.05) is 42.5 Å². The Morgan fingerprint density at radius 3 is 2.58 bits per heavy atom. The molecule has 0 spiro atoms. The van der Waals surface area contributed by atoms with E-state index in [1.54, 1.807) is 12.3 Å². The quantitative estimate of drug-likeness (QED) is 0.754. The Morgan fingerprint density at radius 1 is 1.00 bits per heavy atom. The second-order valence-electron chi connectivity index (χ2n) is 3.90. The van der Waals surface area contributed by atoms with Gasteiger partial charge >= 0.3 is 0 Å². The topological polar surface area (TPSA) is 78.2 Å². The first-order valence-electron chi connectivity index (χ1n) is 5.71. The van der Waals surface area contributed by atoms with Gasteiger partial charge in [-0.2, -0.15) is 10.4 Å². The summed E-state index contributed by atoms with van der Waals surface area (Å²) in [4.78, 5) is 8.78. The molecule has 1 N–H and O–H groups in total. The molecule has 0 atom stereocenters. The molecule has 0 fully saturated rings. The Labute approximate surface area is 109 Å². The molecule has 3 aromatic rings. The maximum absolute atomic E-state index is 8.77. The number of rotatable bonds is 2. The van der Waals surface area contributed by atoms with Crippen LogP contribution < -0.4 is 0 Å². The fraction of sp³-hybridized carbons (Fsp3) is 0. The second kappa shape index (κ2) is 4.70. The van der Waals surface area contributed by atoms with E-state index in [-0.39, 0.29) is 0 Å².